The molecular formula is C13H15N3O4. The van der Waals surface area contributed by atoms with Crippen LogP contribution in [0.25, 0.3) is 0 Å². The first-order chi connectivity index (χ1) is 9.69. The zero-order chi connectivity index (χ0) is 14.4. The summed E-state index contributed by atoms with van der Waals surface area (Å²) in [5.41, 5.74) is 0.968. The first kappa shape index (κ1) is 14.0. The predicted octanol–water partition coefficient (Wildman–Crippen LogP) is 1.20. The van der Waals surface area contributed by atoms with E-state index in [0.717, 1.165) is 11.3 Å². The predicted molar refractivity (Wildman–Crippen MR) is 69.6 cm³/mol. The van der Waals surface area contributed by atoms with Crippen molar-refractivity contribution in [2.75, 3.05) is 13.7 Å². The number of aromatic nitrogens is 3. The maximum atomic E-state index is 10.6. The Kier molecular flexibility index (Phi) is 4.67. The summed E-state index contributed by atoms with van der Waals surface area (Å²) < 4.78 is 12.0. The Balaban J connectivity index is 1.73. The van der Waals surface area contributed by atoms with Crippen molar-refractivity contribution >= 4 is 5.97 Å². The lowest BCUT2D eigenvalue weighted by molar-refractivity contribution is 0.0690. The number of carboxylic acids is 1. The minimum atomic E-state index is -1.09. The van der Waals surface area contributed by atoms with Crippen molar-refractivity contribution < 1.29 is 19.4 Å². The lowest BCUT2D eigenvalue weighted by Gasteiger charge is -2.05. The van der Waals surface area contributed by atoms with E-state index in [0.29, 0.717) is 19.8 Å². The van der Waals surface area contributed by atoms with Gasteiger partial charge in [-0.05, 0) is 17.7 Å². The van der Waals surface area contributed by atoms with Crippen LogP contribution in [0.15, 0.2) is 30.5 Å². The molecule has 2 rings (SSSR count). The molecule has 0 aliphatic heterocycles. The first-order valence-electron chi connectivity index (χ1n) is 6.03. The zero-order valence-corrected chi connectivity index (χ0v) is 11.0. The molecule has 0 saturated carbocycles. The van der Waals surface area contributed by atoms with Crippen molar-refractivity contribution in [3.8, 4) is 5.75 Å². The molecule has 0 atom stereocenters. The Morgan fingerprint density at radius 3 is 2.70 bits per heavy atom. The van der Waals surface area contributed by atoms with E-state index in [4.69, 9.17) is 14.6 Å². The third-order valence-corrected chi connectivity index (χ3v) is 2.65. The van der Waals surface area contributed by atoms with Crippen LogP contribution in [0.2, 0.25) is 0 Å². The molecule has 0 spiro atoms. The number of aromatic carboxylic acids is 1. The highest BCUT2D eigenvalue weighted by atomic mass is 16.5. The fourth-order valence-corrected chi connectivity index (χ4v) is 1.58. The van der Waals surface area contributed by atoms with Crippen LogP contribution in [-0.2, 0) is 17.9 Å². The highest BCUT2D eigenvalue weighted by molar-refractivity contribution is 5.84. The molecule has 7 nitrogen and oxygen atoms in total. The van der Waals surface area contributed by atoms with Gasteiger partial charge >= 0.3 is 5.97 Å². The standard InChI is InChI=1S/C13H15N3O4/c1-19-11-4-2-10(3-5-11)9-20-7-6-16-8-12(13(17)18)14-15-16/h2-5,8H,6-7,9H2,1H3,(H,17,18). The molecule has 0 unspecified atom stereocenters. The molecule has 1 N–H and O–H groups in total. The van der Waals surface area contributed by atoms with E-state index < -0.39 is 5.97 Å². The molecule has 0 saturated heterocycles. The molecule has 0 aliphatic rings. The van der Waals surface area contributed by atoms with Crippen molar-refractivity contribution in [2.45, 2.75) is 13.2 Å². The van der Waals surface area contributed by atoms with Gasteiger partial charge in [0.2, 0.25) is 0 Å². The minimum Gasteiger partial charge on any atom is -0.497 e. The number of benzene rings is 1. The number of hydrogen-bond donors (Lipinski definition) is 1. The van der Waals surface area contributed by atoms with E-state index in [2.05, 4.69) is 10.3 Å². The lowest BCUT2D eigenvalue weighted by Crippen LogP contribution is -2.06. The van der Waals surface area contributed by atoms with Crippen molar-refractivity contribution in [3.63, 3.8) is 0 Å². The van der Waals surface area contributed by atoms with Crippen LogP contribution in [-0.4, -0.2) is 39.8 Å². The van der Waals surface area contributed by atoms with Gasteiger partial charge in [-0.3, -0.25) is 0 Å². The molecule has 1 aromatic carbocycles. The Labute approximate surface area is 115 Å². The number of nitrogens with zero attached hydrogens (tertiary/aromatic N) is 3. The summed E-state index contributed by atoms with van der Waals surface area (Å²) in [6.45, 7) is 1.36. The fraction of sp³-hybridized carbons (Fsp3) is 0.308. The third-order valence-electron chi connectivity index (χ3n) is 2.65. The van der Waals surface area contributed by atoms with Crippen molar-refractivity contribution in [3.05, 3.63) is 41.7 Å². The smallest absolute Gasteiger partial charge is 0.358 e. The molecule has 106 valence electrons. The maximum absolute atomic E-state index is 10.6. The highest BCUT2D eigenvalue weighted by Gasteiger charge is 2.07. The average molecular weight is 277 g/mol. The van der Waals surface area contributed by atoms with E-state index in [-0.39, 0.29) is 5.69 Å². The van der Waals surface area contributed by atoms with Gasteiger partial charge in [0.25, 0.3) is 0 Å². The van der Waals surface area contributed by atoms with Gasteiger partial charge in [-0.1, -0.05) is 17.3 Å². The van der Waals surface area contributed by atoms with Crippen molar-refractivity contribution in [2.24, 2.45) is 0 Å². The molecule has 0 radical (unpaired) electrons. The summed E-state index contributed by atoms with van der Waals surface area (Å²) in [5, 5.41) is 15.9. The second-order valence-corrected chi connectivity index (χ2v) is 4.07. The SMILES string of the molecule is COc1ccc(COCCn2cc(C(=O)O)nn2)cc1. The van der Waals surface area contributed by atoms with Crippen LogP contribution in [0.3, 0.4) is 0 Å². The summed E-state index contributed by atoms with van der Waals surface area (Å²) in [7, 11) is 1.62. The first-order valence-corrected chi connectivity index (χ1v) is 6.03. The molecule has 0 amide bonds. The summed E-state index contributed by atoms with van der Waals surface area (Å²) in [6.07, 6.45) is 1.37. The number of carboxylic acid groups (broad SMARTS) is 1. The fourth-order valence-electron chi connectivity index (χ4n) is 1.58. The Bertz CT molecular complexity index is 565. The Hall–Kier alpha value is -2.41. The van der Waals surface area contributed by atoms with Crippen LogP contribution in [0.5, 0.6) is 5.75 Å². The molecule has 1 aromatic heterocycles. The van der Waals surface area contributed by atoms with Gasteiger partial charge in [0.05, 0.1) is 33.1 Å². The molecule has 7 heteroatoms. The summed E-state index contributed by atoms with van der Waals surface area (Å²) in [4.78, 5) is 10.6. The quantitative estimate of drug-likeness (QED) is 0.765. The van der Waals surface area contributed by atoms with Crippen LogP contribution in [0.4, 0.5) is 0 Å². The van der Waals surface area contributed by atoms with E-state index in [9.17, 15) is 4.79 Å². The molecule has 20 heavy (non-hydrogen) atoms. The minimum absolute atomic E-state index is 0.0693. The molecule has 0 aliphatic carbocycles. The summed E-state index contributed by atoms with van der Waals surface area (Å²) in [5.74, 6) is -0.284. The van der Waals surface area contributed by atoms with Gasteiger partial charge in [-0.25, -0.2) is 9.48 Å². The van der Waals surface area contributed by atoms with Gasteiger partial charge in [0, 0.05) is 0 Å². The number of ether oxygens (including phenoxy) is 2. The van der Waals surface area contributed by atoms with E-state index in [1.165, 1.54) is 10.9 Å². The van der Waals surface area contributed by atoms with Crippen LogP contribution >= 0.6 is 0 Å². The largest absolute Gasteiger partial charge is 0.497 e. The van der Waals surface area contributed by atoms with Crippen molar-refractivity contribution in [1.29, 1.82) is 0 Å². The van der Waals surface area contributed by atoms with Gasteiger partial charge < -0.3 is 14.6 Å². The monoisotopic (exact) mass is 277 g/mol. The third kappa shape index (κ3) is 3.79. The molecule has 0 fully saturated rings. The van der Waals surface area contributed by atoms with Gasteiger partial charge in [-0.2, -0.15) is 0 Å². The molecule has 2 aromatic rings. The van der Waals surface area contributed by atoms with Crippen molar-refractivity contribution in [1.82, 2.24) is 15.0 Å². The van der Waals surface area contributed by atoms with Crippen LogP contribution < -0.4 is 4.74 Å². The van der Waals surface area contributed by atoms with E-state index in [1.54, 1.807) is 7.11 Å². The van der Waals surface area contributed by atoms with Gasteiger partial charge in [-0.15, -0.1) is 5.10 Å². The van der Waals surface area contributed by atoms with E-state index >= 15 is 0 Å². The summed E-state index contributed by atoms with van der Waals surface area (Å²) in [6, 6.07) is 7.60. The van der Waals surface area contributed by atoms with Crippen LogP contribution in [0, 0.1) is 0 Å². The Morgan fingerprint density at radius 2 is 2.10 bits per heavy atom. The lowest BCUT2D eigenvalue weighted by atomic mass is 10.2. The second-order valence-electron chi connectivity index (χ2n) is 4.07. The topological polar surface area (TPSA) is 86.5 Å². The number of carbonyl (C=O) groups is 1. The zero-order valence-electron chi connectivity index (χ0n) is 11.0. The molecule has 0 bridgehead atoms. The highest BCUT2D eigenvalue weighted by Crippen LogP contribution is 2.11. The van der Waals surface area contributed by atoms with Gasteiger partial charge in [0.1, 0.15) is 5.75 Å². The molecular weight excluding hydrogens is 262 g/mol. The molecule has 1 heterocycles. The normalized spacial score (nSPS) is 10.4. The number of hydrogen-bond acceptors (Lipinski definition) is 5. The van der Waals surface area contributed by atoms with E-state index in [1.807, 2.05) is 24.3 Å². The maximum Gasteiger partial charge on any atom is 0.358 e. The second kappa shape index (κ2) is 6.67. The average Bonchev–Trinajstić information content (AvgIpc) is 2.93. The number of methoxy groups -OCH3 is 1. The Morgan fingerprint density at radius 1 is 1.35 bits per heavy atom. The number of rotatable bonds is 7. The summed E-state index contributed by atoms with van der Waals surface area (Å²) >= 11 is 0. The van der Waals surface area contributed by atoms with Crippen LogP contribution in [0.1, 0.15) is 16.1 Å². The van der Waals surface area contributed by atoms with Gasteiger partial charge in [0.15, 0.2) is 5.69 Å².